The molecule has 0 bridgehead atoms. The van der Waals surface area contributed by atoms with E-state index in [0.717, 1.165) is 0 Å². The Bertz CT molecular complexity index is 672. The normalized spacial score (nSPS) is 35.8. The molecule has 0 aliphatic carbocycles. The summed E-state index contributed by atoms with van der Waals surface area (Å²) in [6.45, 7) is 3.52. The first-order valence-corrected chi connectivity index (χ1v) is 8.03. The third-order valence-corrected chi connectivity index (χ3v) is 4.26. The summed E-state index contributed by atoms with van der Waals surface area (Å²) in [6.07, 6.45) is -4.33. The van der Waals surface area contributed by atoms with E-state index in [1.165, 1.54) is 0 Å². The van der Waals surface area contributed by atoms with Crippen molar-refractivity contribution in [1.82, 2.24) is 0 Å². The predicted molar refractivity (Wildman–Crippen MR) is 80.6 cm³/mol. The summed E-state index contributed by atoms with van der Waals surface area (Å²) in [6, 6.07) is 8.60. The first kappa shape index (κ1) is 16.3. The molecule has 0 radical (unpaired) electrons. The second kappa shape index (κ2) is 5.98. The van der Waals surface area contributed by atoms with E-state index >= 15 is 0 Å². The highest BCUT2D eigenvalue weighted by atomic mass is 16.9. The third-order valence-electron chi connectivity index (χ3n) is 4.26. The number of carbonyl (C=O) groups is 2. The van der Waals surface area contributed by atoms with E-state index in [1.54, 1.807) is 44.2 Å². The Kier molecular flexibility index (Phi) is 3.90. The lowest BCUT2D eigenvalue weighted by atomic mass is 10.1. The van der Waals surface area contributed by atoms with Crippen LogP contribution in [0.3, 0.4) is 0 Å². The largest absolute Gasteiger partial charge is 0.508 e. The zero-order valence-electron chi connectivity index (χ0n) is 13.7. The molecule has 0 spiro atoms. The van der Waals surface area contributed by atoms with Gasteiger partial charge in [0.15, 0.2) is 30.4 Å². The van der Waals surface area contributed by atoms with Crippen LogP contribution >= 0.6 is 0 Å². The summed E-state index contributed by atoms with van der Waals surface area (Å²) in [5.41, 5.74) is 0.405. The Balaban J connectivity index is 1.55. The van der Waals surface area contributed by atoms with Gasteiger partial charge in [-0.2, -0.15) is 0 Å². The Labute approximate surface area is 143 Å². The van der Waals surface area contributed by atoms with Gasteiger partial charge < -0.3 is 28.4 Å². The number of esters is 1. The van der Waals surface area contributed by atoms with E-state index in [0.29, 0.717) is 5.56 Å². The minimum absolute atomic E-state index is 0.0196. The lowest BCUT2D eigenvalue weighted by Crippen LogP contribution is -2.44. The van der Waals surface area contributed by atoms with E-state index in [2.05, 4.69) is 0 Å². The molecule has 8 heteroatoms. The molecular weight excluding hydrogens is 332 g/mol. The van der Waals surface area contributed by atoms with Gasteiger partial charge in [-0.15, -0.1) is 0 Å². The molecule has 3 fully saturated rings. The van der Waals surface area contributed by atoms with Crippen LogP contribution in [0.25, 0.3) is 0 Å². The van der Waals surface area contributed by atoms with Gasteiger partial charge in [0.05, 0.1) is 5.56 Å². The third kappa shape index (κ3) is 3.08. The average molecular weight is 350 g/mol. The lowest BCUT2D eigenvalue weighted by Gasteiger charge is -2.27. The molecule has 3 aliphatic heterocycles. The summed E-state index contributed by atoms with van der Waals surface area (Å²) >= 11 is 0. The monoisotopic (exact) mass is 350 g/mol. The molecule has 134 valence electrons. The highest BCUT2D eigenvalue weighted by molar-refractivity contribution is 5.89. The molecule has 25 heavy (non-hydrogen) atoms. The molecule has 3 saturated heterocycles. The minimum Gasteiger partial charge on any atom is -0.453 e. The molecular formula is C17H18O8. The van der Waals surface area contributed by atoms with Crippen molar-refractivity contribution in [1.29, 1.82) is 0 Å². The Morgan fingerprint density at radius 3 is 2.60 bits per heavy atom. The van der Waals surface area contributed by atoms with Gasteiger partial charge >= 0.3 is 12.1 Å². The number of fused-ring (bicyclic) bond motifs is 1. The average Bonchev–Trinajstić information content (AvgIpc) is 3.21. The summed E-state index contributed by atoms with van der Waals surface area (Å²) in [5.74, 6) is -1.38. The van der Waals surface area contributed by atoms with Gasteiger partial charge in [0.25, 0.3) is 0 Å². The van der Waals surface area contributed by atoms with Crippen molar-refractivity contribution in [3.8, 4) is 0 Å². The number of ether oxygens (including phenoxy) is 6. The maximum Gasteiger partial charge on any atom is 0.508 e. The Hall–Kier alpha value is -2.16. The molecule has 0 unspecified atom stereocenters. The van der Waals surface area contributed by atoms with Crippen molar-refractivity contribution < 1.29 is 38.0 Å². The van der Waals surface area contributed by atoms with Crippen LogP contribution < -0.4 is 0 Å². The fourth-order valence-corrected chi connectivity index (χ4v) is 3.21. The van der Waals surface area contributed by atoms with E-state index < -0.39 is 48.6 Å². The molecule has 3 aliphatic rings. The number of cyclic esters (lactones) is 2. The molecule has 1 aromatic carbocycles. The molecule has 5 atom stereocenters. The van der Waals surface area contributed by atoms with Crippen LogP contribution in [0.2, 0.25) is 0 Å². The standard InChI is InChI=1S/C17H18O8/c1-17(2)24-13-12(22-14(18)9-6-4-3-5-7-9)11(23-15(13)25-17)10-8-20-16(19)21-10/h3-7,10-13,15H,8H2,1-2H3/t10-,11-,12-,13+,15+/m0/s1. The highest BCUT2D eigenvalue weighted by Crippen LogP contribution is 2.41. The summed E-state index contributed by atoms with van der Waals surface area (Å²) in [5, 5.41) is 0. The van der Waals surface area contributed by atoms with Gasteiger partial charge in [-0.3, -0.25) is 0 Å². The quantitative estimate of drug-likeness (QED) is 0.760. The number of carbonyl (C=O) groups excluding carboxylic acids is 2. The maximum absolute atomic E-state index is 12.5. The van der Waals surface area contributed by atoms with E-state index in [9.17, 15) is 9.59 Å². The zero-order valence-corrected chi connectivity index (χ0v) is 13.7. The molecule has 1 aromatic rings. The van der Waals surface area contributed by atoms with Crippen molar-refractivity contribution in [2.45, 2.75) is 50.3 Å². The van der Waals surface area contributed by atoms with Gasteiger partial charge in [-0.05, 0) is 26.0 Å². The molecule has 8 nitrogen and oxygen atoms in total. The second-order valence-corrected chi connectivity index (χ2v) is 6.52. The minimum atomic E-state index is -0.861. The van der Waals surface area contributed by atoms with Crippen LogP contribution in [0.1, 0.15) is 24.2 Å². The molecule has 0 saturated carbocycles. The van der Waals surface area contributed by atoms with Crippen LogP contribution in [0, 0.1) is 0 Å². The van der Waals surface area contributed by atoms with Crippen molar-refractivity contribution in [3.63, 3.8) is 0 Å². The maximum atomic E-state index is 12.5. The van der Waals surface area contributed by atoms with Gasteiger partial charge in [0.1, 0.15) is 12.7 Å². The van der Waals surface area contributed by atoms with Crippen molar-refractivity contribution >= 4 is 12.1 Å². The van der Waals surface area contributed by atoms with E-state index in [1.807, 2.05) is 0 Å². The Morgan fingerprint density at radius 1 is 1.16 bits per heavy atom. The summed E-state index contributed by atoms with van der Waals surface area (Å²) < 4.78 is 32.9. The van der Waals surface area contributed by atoms with Crippen LogP contribution in [-0.2, 0) is 28.4 Å². The first-order chi connectivity index (χ1) is 11.9. The number of benzene rings is 1. The second-order valence-electron chi connectivity index (χ2n) is 6.52. The molecule has 3 heterocycles. The van der Waals surface area contributed by atoms with E-state index in [-0.39, 0.29) is 6.61 Å². The lowest BCUT2D eigenvalue weighted by molar-refractivity contribution is -0.223. The van der Waals surface area contributed by atoms with Crippen LogP contribution in [0.4, 0.5) is 4.79 Å². The van der Waals surface area contributed by atoms with Gasteiger partial charge in [-0.25, -0.2) is 9.59 Å². The fraction of sp³-hybridized carbons (Fsp3) is 0.529. The van der Waals surface area contributed by atoms with Crippen LogP contribution in [-0.4, -0.2) is 55.2 Å². The van der Waals surface area contributed by atoms with Crippen LogP contribution in [0.5, 0.6) is 0 Å². The molecule has 4 rings (SSSR count). The molecule has 0 N–H and O–H groups in total. The van der Waals surface area contributed by atoms with Gasteiger partial charge in [-0.1, -0.05) is 18.2 Å². The number of hydrogen-bond acceptors (Lipinski definition) is 8. The zero-order chi connectivity index (χ0) is 17.6. The van der Waals surface area contributed by atoms with Crippen molar-refractivity contribution in [2.75, 3.05) is 6.61 Å². The van der Waals surface area contributed by atoms with Crippen LogP contribution in [0.15, 0.2) is 30.3 Å². The number of hydrogen-bond donors (Lipinski definition) is 0. The van der Waals surface area contributed by atoms with Crippen molar-refractivity contribution in [2.24, 2.45) is 0 Å². The molecule has 0 aromatic heterocycles. The topological polar surface area (TPSA) is 89.5 Å². The first-order valence-electron chi connectivity index (χ1n) is 8.03. The van der Waals surface area contributed by atoms with E-state index in [4.69, 9.17) is 28.4 Å². The SMILES string of the molecule is CC1(C)O[C@H]2O[C@@H]([C@@H]3COC(=O)O3)[C@H](OC(=O)c3ccccc3)[C@H]2O1. The fourth-order valence-electron chi connectivity index (χ4n) is 3.21. The smallest absolute Gasteiger partial charge is 0.453 e. The number of rotatable bonds is 3. The summed E-state index contributed by atoms with van der Waals surface area (Å²) in [4.78, 5) is 23.7. The van der Waals surface area contributed by atoms with Gasteiger partial charge in [0.2, 0.25) is 0 Å². The Morgan fingerprint density at radius 2 is 1.92 bits per heavy atom. The summed E-state index contributed by atoms with van der Waals surface area (Å²) in [7, 11) is 0. The highest BCUT2D eigenvalue weighted by Gasteiger charge is 2.60. The molecule has 0 amide bonds. The van der Waals surface area contributed by atoms with Gasteiger partial charge in [0, 0.05) is 0 Å². The predicted octanol–water partition coefficient (Wildman–Crippen LogP) is 1.62. The van der Waals surface area contributed by atoms with Crippen molar-refractivity contribution in [3.05, 3.63) is 35.9 Å².